The first kappa shape index (κ1) is 19.0. The summed E-state index contributed by atoms with van der Waals surface area (Å²) in [4.78, 5) is 44.0. The number of carbonyl (C=O) groups excluding carboxylic acids is 4. The molecule has 136 valence electrons. The van der Waals surface area contributed by atoms with E-state index in [4.69, 9.17) is 0 Å². The molecule has 1 saturated heterocycles. The minimum atomic E-state index is -0.241. The van der Waals surface area contributed by atoms with E-state index in [0.29, 0.717) is 12.8 Å². The molecule has 1 aromatic heterocycles. The number of aromatic nitrogens is 3. The molecular formula is C17H19N5O4. The van der Waals surface area contributed by atoms with Crippen LogP contribution in [0.3, 0.4) is 0 Å². The zero-order chi connectivity index (χ0) is 19.3. The lowest BCUT2D eigenvalue weighted by Crippen LogP contribution is -2.24. The summed E-state index contributed by atoms with van der Waals surface area (Å²) in [6.07, 6.45) is 3.30. The van der Waals surface area contributed by atoms with Crippen LogP contribution in [-0.4, -0.2) is 62.5 Å². The number of hydrogen-bond donors (Lipinski definition) is 0. The van der Waals surface area contributed by atoms with Crippen molar-refractivity contribution < 1.29 is 19.2 Å². The lowest BCUT2D eigenvalue weighted by Gasteiger charge is -2.01. The molecule has 4 rings (SSSR count). The van der Waals surface area contributed by atoms with E-state index in [1.54, 1.807) is 4.68 Å². The lowest BCUT2D eigenvalue weighted by molar-refractivity contribution is -0.137. The van der Waals surface area contributed by atoms with Crippen molar-refractivity contribution in [2.24, 2.45) is 7.05 Å². The first-order chi connectivity index (χ1) is 12.3. The number of imide groups is 2. The first-order valence-electron chi connectivity index (χ1n) is 7.84. The van der Waals surface area contributed by atoms with Crippen molar-refractivity contribution in [1.29, 1.82) is 0 Å². The SMILES string of the molecule is CN1C(=O)C=CC1=O.CN1C(=O)CCC1=O.Cn1nnc2ccccc21. The van der Waals surface area contributed by atoms with Crippen LogP contribution in [0, 0.1) is 0 Å². The average Bonchev–Trinajstić information content (AvgIpc) is 3.26. The Balaban J connectivity index is 0.000000142. The second-order valence-electron chi connectivity index (χ2n) is 5.62. The number of aryl methyl sites for hydroxylation is 1. The summed E-state index contributed by atoms with van der Waals surface area (Å²) in [6.45, 7) is 0. The van der Waals surface area contributed by atoms with Gasteiger partial charge < -0.3 is 0 Å². The molecule has 4 amide bonds. The highest BCUT2D eigenvalue weighted by atomic mass is 16.2. The molecule has 9 heteroatoms. The Bertz CT molecular complexity index is 852. The van der Waals surface area contributed by atoms with Gasteiger partial charge in [-0.15, -0.1) is 5.10 Å². The van der Waals surface area contributed by atoms with E-state index in [-0.39, 0.29) is 23.6 Å². The molecule has 2 aliphatic heterocycles. The van der Waals surface area contributed by atoms with Crippen LogP contribution in [0.15, 0.2) is 36.4 Å². The maximum absolute atomic E-state index is 10.5. The van der Waals surface area contributed by atoms with Gasteiger partial charge in [-0.2, -0.15) is 0 Å². The molecule has 0 radical (unpaired) electrons. The molecule has 1 aromatic carbocycles. The monoisotopic (exact) mass is 357 g/mol. The Morgan fingerprint density at radius 2 is 1.35 bits per heavy atom. The van der Waals surface area contributed by atoms with Crippen LogP contribution in [-0.2, 0) is 26.2 Å². The largest absolute Gasteiger partial charge is 0.286 e. The number of rotatable bonds is 0. The highest BCUT2D eigenvalue weighted by Crippen LogP contribution is 2.07. The van der Waals surface area contributed by atoms with Gasteiger partial charge in [-0.3, -0.25) is 29.0 Å². The quantitative estimate of drug-likeness (QED) is 0.627. The van der Waals surface area contributed by atoms with Gasteiger partial charge in [-0.05, 0) is 12.1 Å². The van der Waals surface area contributed by atoms with E-state index in [9.17, 15) is 19.2 Å². The van der Waals surface area contributed by atoms with Gasteiger partial charge in [0.1, 0.15) is 5.52 Å². The van der Waals surface area contributed by atoms with Crippen molar-refractivity contribution in [3.63, 3.8) is 0 Å². The van der Waals surface area contributed by atoms with E-state index in [0.717, 1.165) is 15.9 Å². The van der Waals surface area contributed by atoms with Crippen LogP contribution in [0.5, 0.6) is 0 Å². The standard InChI is InChI=1S/C7H7N3.C5H7NO2.C5H5NO2/c1-10-7-5-3-2-4-6(7)8-9-10;2*1-6-4(7)2-3-5(6)8/h2-5H,1H3;2-3H2,1H3;2-3H,1H3. The van der Waals surface area contributed by atoms with Gasteiger partial charge in [0, 0.05) is 46.1 Å². The minimum absolute atomic E-state index is 0.0602. The third-order valence-electron chi connectivity index (χ3n) is 3.85. The number of benzene rings is 1. The Morgan fingerprint density at radius 1 is 0.808 bits per heavy atom. The number of likely N-dealkylation sites (tertiary alicyclic amines) is 1. The Kier molecular flexibility index (Phi) is 5.94. The fourth-order valence-electron chi connectivity index (χ4n) is 2.15. The summed E-state index contributed by atoms with van der Waals surface area (Å²) in [7, 11) is 4.84. The molecule has 9 nitrogen and oxygen atoms in total. The maximum Gasteiger partial charge on any atom is 0.253 e. The van der Waals surface area contributed by atoms with Crippen LogP contribution in [0.25, 0.3) is 11.0 Å². The molecule has 0 unspecified atom stereocenters. The van der Waals surface area contributed by atoms with Gasteiger partial charge >= 0.3 is 0 Å². The molecule has 1 fully saturated rings. The second kappa shape index (κ2) is 8.15. The third kappa shape index (κ3) is 4.38. The summed E-state index contributed by atoms with van der Waals surface area (Å²) in [5.41, 5.74) is 2.02. The van der Waals surface area contributed by atoms with Crippen LogP contribution >= 0.6 is 0 Å². The minimum Gasteiger partial charge on any atom is -0.286 e. The van der Waals surface area contributed by atoms with Crippen LogP contribution in [0.2, 0.25) is 0 Å². The van der Waals surface area contributed by atoms with Gasteiger partial charge in [0.15, 0.2) is 0 Å². The highest BCUT2D eigenvalue weighted by molar-refractivity contribution is 6.12. The topological polar surface area (TPSA) is 105 Å². The predicted octanol–water partition coefficient (Wildman–Crippen LogP) is 0.275. The van der Waals surface area contributed by atoms with Crippen LogP contribution < -0.4 is 0 Å². The van der Waals surface area contributed by atoms with Crippen molar-refractivity contribution in [1.82, 2.24) is 24.8 Å². The van der Waals surface area contributed by atoms with Crippen molar-refractivity contribution >= 4 is 34.7 Å². The zero-order valence-corrected chi connectivity index (χ0v) is 14.7. The molecule has 0 aliphatic carbocycles. The molecule has 2 aromatic rings. The summed E-state index contributed by atoms with van der Waals surface area (Å²) >= 11 is 0. The van der Waals surface area contributed by atoms with E-state index < -0.39 is 0 Å². The highest BCUT2D eigenvalue weighted by Gasteiger charge is 2.24. The van der Waals surface area contributed by atoms with Crippen LogP contribution in [0.4, 0.5) is 0 Å². The average molecular weight is 357 g/mol. The number of hydrogen-bond acceptors (Lipinski definition) is 6. The summed E-state index contributed by atoms with van der Waals surface area (Å²) in [5.74, 6) is -0.602. The third-order valence-corrected chi connectivity index (χ3v) is 3.85. The predicted molar refractivity (Wildman–Crippen MR) is 92.4 cm³/mol. The van der Waals surface area contributed by atoms with Crippen molar-refractivity contribution in [2.45, 2.75) is 12.8 Å². The number of nitrogens with zero attached hydrogens (tertiary/aromatic N) is 5. The number of carbonyl (C=O) groups is 4. The van der Waals surface area contributed by atoms with Gasteiger partial charge in [-0.25, -0.2) is 4.68 Å². The Morgan fingerprint density at radius 3 is 1.73 bits per heavy atom. The van der Waals surface area contributed by atoms with Crippen LogP contribution in [0.1, 0.15) is 12.8 Å². The molecule has 2 aliphatic rings. The number of para-hydroxylation sites is 1. The van der Waals surface area contributed by atoms with Gasteiger partial charge in [0.05, 0.1) is 5.52 Å². The van der Waals surface area contributed by atoms with E-state index in [1.807, 2.05) is 31.3 Å². The number of likely N-dealkylation sites (N-methyl/N-ethyl adjacent to an activating group) is 1. The van der Waals surface area contributed by atoms with Gasteiger partial charge in [0.2, 0.25) is 11.8 Å². The summed E-state index contributed by atoms with van der Waals surface area (Å²) in [6, 6.07) is 7.88. The normalized spacial score (nSPS) is 16.0. The summed E-state index contributed by atoms with van der Waals surface area (Å²) in [5, 5.41) is 7.79. The van der Waals surface area contributed by atoms with Gasteiger partial charge in [0.25, 0.3) is 11.8 Å². The number of amides is 4. The molecule has 0 saturated carbocycles. The van der Waals surface area contributed by atoms with Crippen molar-refractivity contribution in [2.75, 3.05) is 14.1 Å². The fraction of sp³-hybridized carbons (Fsp3) is 0.294. The molecule has 0 bridgehead atoms. The fourth-order valence-corrected chi connectivity index (χ4v) is 2.15. The van der Waals surface area contributed by atoms with E-state index in [2.05, 4.69) is 10.3 Å². The van der Waals surface area contributed by atoms with Crippen molar-refractivity contribution in [3.05, 3.63) is 36.4 Å². The molecule has 0 atom stereocenters. The second-order valence-corrected chi connectivity index (χ2v) is 5.62. The van der Waals surface area contributed by atoms with E-state index in [1.165, 1.54) is 31.1 Å². The summed E-state index contributed by atoms with van der Waals surface area (Å²) < 4.78 is 1.76. The Hall–Kier alpha value is -3.36. The molecule has 26 heavy (non-hydrogen) atoms. The lowest BCUT2D eigenvalue weighted by atomic mass is 10.3. The maximum atomic E-state index is 10.5. The van der Waals surface area contributed by atoms with Crippen molar-refractivity contribution in [3.8, 4) is 0 Å². The molecular weight excluding hydrogens is 338 g/mol. The Labute approximate surface area is 149 Å². The zero-order valence-electron chi connectivity index (χ0n) is 14.7. The molecule has 3 heterocycles. The first-order valence-corrected chi connectivity index (χ1v) is 7.84. The molecule has 0 N–H and O–H groups in total. The van der Waals surface area contributed by atoms with E-state index >= 15 is 0 Å². The number of fused-ring (bicyclic) bond motifs is 1. The molecule has 0 spiro atoms. The smallest absolute Gasteiger partial charge is 0.253 e. The van der Waals surface area contributed by atoms with Gasteiger partial charge in [-0.1, -0.05) is 17.3 Å².